The van der Waals surface area contributed by atoms with Gasteiger partial charge in [-0.3, -0.25) is 9.59 Å². The average Bonchev–Trinajstić information content (AvgIpc) is 3.34. The van der Waals surface area contributed by atoms with Gasteiger partial charge in [-0.1, -0.05) is 48.2 Å². The molecule has 3 atom stereocenters. The van der Waals surface area contributed by atoms with Gasteiger partial charge in [0, 0.05) is 43.3 Å². The summed E-state index contributed by atoms with van der Waals surface area (Å²) in [7, 11) is 1.90. The molecular weight excluding hydrogens is 508 g/mol. The van der Waals surface area contributed by atoms with E-state index in [1.807, 2.05) is 48.0 Å². The van der Waals surface area contributed by atoms with Gasteiger partial charge >= 0.3 is 5.97 Å². The van der Waals surface area contributed by atoms with Gasteiger partial charge in [0.25, 0.3) is 0 Å². The topological polar surface area (TPSA) is 136 Å². The molecule has 1 amide bonds. The van der Waals surface area contributed by atoms with E-state index in [1.165, 1.54) is 0 Å². The fraction of sp³-hybridized carbons (Fsp3) is 0.407. The van der Waals surface area contributed by atoms with Gasteiger partial charge in [-0.2, -0.15) is 0 Å². The molecule has 0 radical (unpaired) electrons. The molecule has 1 fully saturated rings. The van der Waals surface area contributed by atoms with Gasteiger partial charge in [0.2, 0.25) is 5.91 Å². The summed E-state index contributed by atoms with van der Waals surface area (Å²) >= 11 is 1.58. The number of thioether (sulfide) groups is 1. The molecule has 202 valence electrons. The zero-order chi connectivity index (χ0) is 26.9. The first-order valence-electron chi connectivity index (χ1n) is 12.5. The second-order valence-corrected chi connectivity index (χ2v) is 10.1. The number of unbranched alkanes of at least 4 members (excludes halogenated alkanes) is 1. The van der Waals surface area contributed by atoms with Crippen LogP contribution in [0.5, 0.6) is 0 Å². The van der Waals surface area contributed by atoms with E-state index in [-0.39, 0.29) is 37.6 Å². The Morgan fingerprint density at radius 2 is 1.76 bits per heavy atom. The van der Waals surface area contributed by atoms with E-state index >= 15 is 0 Å². The van der Waals surface area contributed by atoms with Crippen LogP contribution in [0.4, 0.5) is 5.69 Å². The zero-order valence-electron chi connectivity index (χ0n) is 21.2. The average molecular weight is 541 g/mol. The number of aliphatic hydroxyl groups excluding tert-OH is 1. The molecule has 11 heteroatoms. The predicted molar refractivity (Wildman–Crippen MR) is 141 cm³/mol. The number of carboxylic acid groups (broad SMARTS) is 1. The molecule has 1 aliphatic rings. The molecule has 10 nitrogen and oxygen atoms in total. The monoisotopic (exact) mass is 540 g/mol. The van der Waals surface area contributed by atoms with Gasteiger partial charge in [0.15, 0.2) is 11.4 Å². The van der Waals surface area contributed by atoms with Crippen molar-refractivity contribution in [3.63, 3.8) is 0 Å². The molecule has 2 heterocycles. The Kier molecular flexibility index (Phi) is 9.88. The van der Waals surface area contributed by atoms with Crippen molar-refractivity contribution in [3.05, 3.63) is 71.5 Å². The van der Waals surface area contributed by atoms with Crippen molar-refractivity contribution in [1.29, 1.82) is 0 Å². The first kappa shape index (κ1) is 27.8. The molecule has 1 aliphatic heterocycles. The van der Waals surface area contributed by atoms with Crippen LogP contribution in [0.3, 0.4) is 0 Å². The lowest BCUT2D eigenvalue weighted by atomic mass is 10.0. The van der Waals surface area contributed by atoms with Crippen LogP contribution in [0.25, 0.3) is 0 Å². The lowest BCUT2D eigenvalue weighted by molar-refractivity contribution is -0.245. The summed E-state index contributed by atoms with van der Waals surface area (Å²) in [5.74, 6) is -0.333. The fourth-order valence-corrected chi connectivity index (χ4v) is 5.01. The maximum absolute atomic E-state index is 12.2. The number of ether oxygens (including phenoxy) is 2. The molecule has 4 rings (SSSR count). The van der Waals surface area contributed by atoms with E-state index in [2.05, 4.69) is 15.5 Å². The first-order valence-corrected chi connectivity index (χ1v) is 13.5. The number of hydrogen-bond acceptors (Lipinski definition) is 8. The van der Waals surface area contributed by atoms with Crippen molar-refractivity contribution < 1.29 is 29.3 Å². The number of benzene rings is 2. The highest BCUT2D eigenvalue weighted by molar-refractivity contribution is 7.99. The summed E-state index contributed by atoms with van der Waals surface area (Å²) < 4.78 is 14.6. The van der Waals surface area contributed by atoms with E-state index < -0.39 is 12.3 Å². The lowest BCUT2D eigenvalue weighted by Gasteiger charge is -2.36. The van der Waals surface area contributed by atoms with Crippen molar-refractivity contribution in [1.82, 2.24) is 14.8 Å². The molecule has 3 aromatic rings. The Bertz CT molecular complexity index is 1200. The minimum atomic E-state index is -0.855. The molecule has 0 bridgehead atoms. The van der Waals surface area contributed by atoms with Crippen molar-refractivity contribution >= 4 is 29.3 Å². The van der Waals surface area contributed by atoms with Gasteiger partial charge in [0.1, 0.15) is 6.33 Å². The number of rotatable bonds is 12. The number of anilines is 1. The Morgan fingerprint density at radius 3 is 2.42 bits per heavy atom. The molecule has 38 heavy (non-hydrogen) atoms. The number of carbonyl (C=O) groups is 2. The van der Waals surface area contributed by atoms with E-state index in [9.17, 15) is 14.7 Å². The number of aryl methyl sites for hydroxylation is 1. The van der Waals surface area contributed by atoms with Crippen LogP contribution in [0.1, 0.15) is 61.2 Å². The van der Waals surface area contributed by atoms with Crippen molar-refractivity contribution in [2.24, 2.45) is 7.05 Å². The van der Waals surface area contributed by atoms with Gasteiger partial charge in [-0.05, 0) is 36.1 Å². The molecule has 3 N–H and O–H groups in total. The number of aromatic nitrogens is 3. The highest BCUT2D eigenvalue weighted by atomic mass is 32.2. The Balaban J connectivity index is 1.41. The van der Waals surface area contributed by atoms with Gasteiger partial charge in [-0.15, -0.1) is 10.2 Å². The summed E-state index contributed by atoms with van der Waals surface area (Å²) in [4.78, 5) is 22.8. The van der Waals surface area contributed by atoms with Crippen molar-refractivity contribution in [2.45, 2.75) is 62.4 Å². The van der Waals surface area contributed by atoms with Crippen LogP contribution in [-0.4, -0.2) is 48.7 Å². The first-order chi connectivity index (χ1) is 18.4. The van der Waals surface area contributed by atoms with Crippen LogP contribution in [-0.2, 0) is 32.7 Å². The second kappa shape index (κ2) is 13.5. The number of amides is 1. The molecule has 3 unspecified atom stereocenters. The summed E-state index contributed by atoms with van der Waals surface area (Å²) in [6.07, 6.45) is 2.75. The Morgan fingerprint density at radius 1 is 1.05 bits per heavy atom. The van der Waals surface area contributed by atoms with E-state index in [1.54, 1.807) is 30.2 Å². The van der Waals surface area contributed by atoms with E-state index in [0.717, 1.165) is 21.8 Å². The molecule has 0 aliphatic carbocycles. The van der Waals surface area contributed by atoms with E-state index in [0.29, 0.717) is 30.7 Å². The molecule has 1 aromatic heterocycles. The number of aliphatic carboxylic acids is 1. The number of carbonyl (C=O) groups excluding carboxylic acids is 1. The third-order valence-electron chi connectivity index (χ3n) is 6.19. The fourth-order valence-electron chi connectivity index (χ4n) is 4.10. The Hall–Kier alpha value is -3.25. The van der Waals surface area contributed by atoms with Crippen LogP contribution < -0.4 is 5.32 Å². The van der Waals surface area contributed by atoms with Gasteiger partial charge in [0.05, 0.1) is 18.8 Å². The summed E-state index contributed by atoms with van der Waals surface area (Å²) in [6.45, 7) is -0.0142. The second-order valence-electron chi connectivity index (χ2n) is 9.16. The maximum Gasteiger partial charge on any atom is 0.303 e. The predicted octanol–water partition coefficient (Wildman–Crippen LogP) is 4.23. The summed E-state index contributed by atoms with van der Waals surface area (Å²) in [5.41, 5.74) is 3.33. The minimum absolute atomic E-state index is 0.0142. The Labute approximate surface area is 225 Å². The molecule has 0 saturated carbocycles. The number of aliphatic hydroxyl groups is 1. The molecule has 1 saturated heterocycles. The quantitative estimate of drug-likeness (QED) is 0.228. The number of carboxylic acids is 1. The lowest BCUT2D eigenvalue weighted by Crippen LogP contribution is -2.31. The van der Waals surface area contributed by atoms with Gasteiger partial charge < -0.3 is 29.6 Å². The van der Waals surface area contributed by atoms with Crippen LogP contribution >= 0.6 is 11.8 Å². The SMILES string of the molecule is Cn1cnnc1SCC1CC(c2ccc(CO)cc2)OC(c2ccc(NC(=O)CCCCC(=O)O)cc2)O1. The van der Waals surface area contributed by atoms with Crippen LogP contribution in [0.15, 0.2) is 60.0 Å². The summed E-state index contributed by atoms with van der Waals surface area (Å²) in [6, 6.07) is 15.1. The number of nitrogens with zero attached hydrogens (tertiary/aromatic N) is 3. The normalized spacial score (nSPS) is 19.3. The summed E-state index contributed by atoms with van der Waals surface area (Å²) in [5, 5.41) is 29.8. The van der Waals surface area contributed by atoms with E-state index in [4.69, 9.17) is 14.6 Å². The highest BCUT2D eigenvalue weighted by Crippen LogP contribution is 2.39. The van der Waals surface area contributed by atoms with Crippen LogP contribution in [0.2, 0.25) is 0 Å². The number of hydrogen-bond donors (Lipinski definition) is 3. The number of nitrogens with one attached hydrogen (secondary N) is 1. The third-order valence-corrected chi connectivity index (χ3v) is 7.36. The van der Waals surface area contributed by atoms with Crippen molar-refractivity contribution in [3.8, 4) is 0 Å². The molecular formula is C27H32N4O6S. The largest absolute Gasteiger partial charge is 0.481 e. The standard InChI is InChI=1S/C27H32N4O6S/c1-31-17-28-30-27(31)38-16-22-14-23(19-8-6-18(15-32)7-9-19)37-26(36-22)20-10-12-21(13-11-20)29-24(33)4-2-3-5-25(34)35/h6-13,17,22-23,26,32H,2-5,14-16H2,1H3,(H,29,33)(H,34,35). The smallest absolute Gasteiger partial charge is 0.303 e. The highest BCUT2D eigenvalue weighted by Gasteiger charge is 2.32. The minimum Gasteiger partial charge on any atom is -0.481 e. The van der Waals surface area contributed by atoms with Crippen LogP contribution in [0, 0.1) is 0 Å². The van der Waals surface area contributed by atoms with Gasteiger partial charge in [-0.25, -0.2) is 0 Å². The molecule has 0 spiro atoms. The zero-order valence-corrected chi connectivity index (χ0v) is 22.0. The van der Waals surface area contributed by atoms with Crippen molar-refractivity contribution in [2.75, 3.05) is 11.1 Å². The third kappa shape index (κ3) is 7.87. The maximum atomic E-state index is 12.2. The molecule has 2 aromatic carbocycles.